The highest BCUT2D eigenvalue weighted by molar-refractivity contribution is 5.79. The van der Waals surface area contributed by atoms with Crippen LogP contribution in [-0.4, -0.2) is 9.97 Å². The molecule has 0 aliphatic carbocycles. The van der Waals surface area contributed by atoms with Gasteiger partial charge in [-0.1, -0.05) is 45.0 Å². The highest BCUT2D eigenvalue weighted by Gasteiger charge is 2.13. The molecule has 0 bridgehead atoms. The maximum atomic E-state index is 12.3. The van der Waals surface area contributed by atoms with Crippen molar-refractivity contribution < 1.29 is 4.74 Å². The van der Waals surface area contributed by atoms with Crippen LogP contribution in [0.5, 0.6) is 11.5 Å². The van der Waals surface area contributed by atoms with E-state index in [9.17, 15) is 4.79 Å². The van der Waals surface area contributed by atoms with Gasteiger partial charge in [-0.15, -0.1) is 0 Å². The number of rotatable bonds is 3. The monoisotopic (exact) mass is 370 g/mol. The van der Waals surface area contributed by atoms with Gasteiger partial charge in [-0.3, -0.25) is 4.79 Å². The number of hydrogen-bond acceptors (Lipinski definition) is 3. The van der Waals surface area contributed by atoms with E-state index in [0.29, 0.717) is 16.7 Å². The van der Waals surface area contributed by atoms with Crippen LogP contribution in [0.2, 0.25) is 0 Å². The SMILES string of the molecule is CC(C)(C)c1ccc(Oc2ccc(-c3nc4ccccc4c(=O)[nH]3)cc2)cc1. The Morgan fingerprint density at radius 2 is 1.43 bits per heavy atom. The summed E-state index contributed by atoms with van der Waals surface area (Å²) in [5.74, 6) is 2.07. The summed E-state index contributed by atoms with van der Waals surface area (Å²) in [6.45, 7) is 6.56. The molecular formula is C24H22N2O2. The summed E-state index contributed by atoms with van der Waals surface area (Å²) >= 11 is 0. The number of aromatic amines is 1. The highest BCUT2D eigenvalue weighted by Crippen LogP contribution is 2.28. The van der Waals surface area contributed by atoms with Crippen molar-refractivity contribution in [2.45, 2.75) is 26.2 Å². The van der Waals surface area contributed by atoms with Crippen LogP contribution in [0.1, 0.15) is 26.3 Å². The molecule has 0 atom stereocenters. The van der Waals surface area contributed by atoms with E-state index in [2.05, 4.69) is 42.9 Å². The van der Waals surface area contributed by atoms with Gasteiger partial charge < -0.3 is 9.72 Å². The van der Waals surface area contributed by atoms with E-state index in [0.717, 1.165) is 17.1 Å². The van der Waals surface area contributed by atoms with Gasteiger partial charge in [0.05, 0.1) is 10.9 Å². The Morgan fingerprint density at radius 1 is 0.821 bits per heavy atom. The molecule has 0 unspecified atom stereocenters. The van der Waals surface area contributed by atoms with Crippen molar-refractivity contribution in [2.24, 2.45) is 0 Å². The lowest BCUT2D eigenvalue weighted by Gasteiger charge is -2.19. The Morgan fingerprint density at radius 3 is 2.07 bits per heavy atom. The first kappa shape index (κ1) is 18.0. The molecule has 0 saturated carbocycles. The lowest BCUT2D eigenvalue weighted by atomic mass is 9.87. The van der Waals surface area contributed by atoms with E-state index < -0.39 is 0 Å². The second-order valence-corrected chi connectivity index (χ2v) is 7.83. The van der Waals surface area contributed by atoms with Gasteiger partial charge >= 0.3 is 0 Å². The normalized spacial score (nSPS) is 11.5. The number of para-hydroxylation sites is 1. The van der Waals surface area contributed by atoms with Crippen molar-refractivity contribution in [3.05, 3.63) is 88.7 Å². The van der Waals surface area contributed by atoms with Crippen LogP contribution in [0.25, 0.3) is 22.3 Å². The molecule has 140 valence electrons. The molecule has 1 N–H and O–H groups in total. The Bertz CT molecular complexity index is 1170. The van der Waals surface area contributed by atoms with Gasteiger partial charge in [-0.05, 0) is 59.5 Å². The Labute approximate surface area is 163 Å². The van der Waals surface area contributed by atoms with E-state index >= 15 is 0 Å². The molecule has 0 spiro atoms. The summed E-state index contributed by atoms with van der Waals surface area (Å²) in [5.41, 5.74) is 2.75. The Balaban J connectivity index is 1.57. The second kappa shape index (κ2) is 6.97. The maximum absolute atomic E-state index is 12.3. The number of hydrogen-bond donors (Lipinski definition) is 1. The van der Waals surface area contributed by atoms with Crippen molar-refractivity contribution >= 4 is 10.9 Å². The minimum Gasteiger partial charge on any atom is -0.457 e. The van der Waals surface area contributed by atoms with E-state index in [4.69, 9.17) is 4.74 Å². The smallest absolute Gasteiger partial charge is 0.259 e. The molecule has 4 nitrogen and oxygen atoms in total. The molecule has 0 saturated heterocycles. The standard InChI is InChI=1S/C24H22N2O2/c1-24(2,3)17-10-14-19(15-11-17)28-18-12-8-16(9-13-18)22-25-21-7-5-4-6-20(21)23(27)26-22/h4-15H,1-3H3,(H,25,26,27). The van der Waals surface area contributed by atoms with Crippen LogP contribution in [0, 0.1) is 0 Å². The van der Waals surface area contributed by atoms with Gasteiger partial charge in [0, 0.05) is 5.56 Å². The lowest BCUT2D eigenvalue weighted by Crippen LogP contribution is -2.10. The fraction of sp³-hybridized carbons (Fsp3) is 0.167. The first-order chi connectivity index (χ1) is 13.4. The van der Waals surface area contributed by atoms with Gasteiger partial charge in [0.1, 0.15) is 17.3 Å². The summed E-state index contributed by atoms with van der Waals surface area (Å²) in [7, 11) is 0. The molecular weight excluding hydrogens is 348 g/mol. The minimum absolute atomic E-state index is 0.115. The van der Waals surface area contributed by atoms with Crippen molar-refractivity contribution in [3.8, 4) is 22.9 Å². The third kappa shape index (κ3) is 3.67. The van der Waals surface area contributed by atoms with Gasteiger partial charge in [0.15, 0.2) is 0 Å². The molecule has 4 heteroatoms. The molecule has 4 aromatic rings. The minimum atomic E-state index is -0.139. The van der Waals surface area contributed by atoms with Crippen LogP contribution < -0.4 is 10.3 Å². The predicted octanol–water partition coefficient (Wildman–Crippen LogP) is 5.68. The van der Waals surface area contributed by atoms with E-state index in [1.54, 1.807) is 6.07 Å². The van der Waals surface area contributed by atoms with Crippen LogP contribution in [0.15, 0.2) is 77.6 Å². The predicted molar refractivity (Wildman–Crippen MR) is 113 cm³/mol. The topological polar surface area (TPSA) is 55.0 Å². The summed E-state index contributed by atoms with van der Waals surface area (Å²) in [6.07, 6.45) is 0. The van der Waals surface area contributed by atoms with Crippen molar-refractivity contribution in [1.82, 2.24) is 9.97 Å². The highest BCUT2D eigenvalue weighted by atomic mass is 16.5. The zero-order valence-corrected chi connectivity index (χ0v) is 16.2. The Kier molecular flexibility index (Phi) is 4.47. The molecule has 0 aliphatic rings. The average molecular weight is 370 g/mol. The van der Waals surface area contributed by atoms with Crippen molar-refractivity contribution in [3.63, 3.8) is 0 Å². The van der Waals surface area contributed by atoms with Crippen LogP contribution in [0.3, 0.4) is 0 Å². The van der Waals surface area contributed by atoms with Crippen LogP contribution in [0.4, 0.5) is 0 Å². The lowest BCUT2D eigenvalue weighted by molar-refractivity contribution is 0.481. The number of benzene rings is 3. The molecule has 28 heavy (non-hydrogen) atoms. The fourth-order valence-electron chi connectivity index (χ4n) is 3.06. The largest absolute Gasteiger partial charge is 0.457 e. The van der Waals surface area contributed by atoms with Gasteiger partial charge in [0.25, 0.3) is 5.56 Å². The Hall–Kier alpha value is -3.40. The third-order valence-corrected chi connectivity index (χ3v) is 4.70. The third-order valence-electron chi connectivity index (χ3n) is 4.70. The number of nitrogens with one attached hydrogen (secondary N) is 1. The van der Waals surface area contributed by atoms with Crippen molar-refractivity contribution in [2.75, 3.05) is 0 Å². The average Bonchev–Trinajstić information content (AvgIpc) is 2.68. The first-order valence-corrected chi connectivity index (χ1v) is 9.28. The summed E-state index contributed by atoms with van der Waals surface area (Å²) < 4.78 is 5.94. The molecule has 4 rings (SSSR count). The second-order valence-electron chi connectivity index (χ2n) is 7.83. The number of H-pyrrole nitrogens is 1. The van der Waals surface area contributed by atoms with Crippen molar-refractivity contribution in [1.29, 1.82) is 0 Å². The van der Waals surface area contributed by atoms with E-state index in [-0.39, 0.29) is 11.0 Å². The molecule has 0 fully saturated rings. The summed E-state index contributed by atoms with van der Waals surface area (Å²) in [5, 5.41) is 0.588. The summed E-state index contributed by atoms with van der Waals surface area (Å²) in [6, 6.07) is 23.0. The maximum Gasteiger partial charge on any atom is 0.259 e. The number of aromatic nitrogens is 2. The molecule has 1 heterocycles. The van der Waals surface area contributed by atoms with E-state index in [1.165, 1.54) is 5.56 Å². The quantitative estimate of drug-likeness (QED) is 0.505. The molecule has 3 aromatic carbocycles. The molecule has 0 radical (unpaired) electrons. The van der Waals surface area contributed by atoms with Gasteiger partial charge in [0.2, 0.25) is 0 Å². The van der Waals surface area contributed by atoms with Gasteiger partial charge in [-0.2, -0.15) is 0 Å². The number of nitrogens with zero attached hydrogens (tertiary/aromatic N) is 1. The van der Waals surface area contributed by atoms with Gasteiger partial charge in [-0.25, -0.2) is 4.98 Å². The number of ether oxygens (including phenoxy) is 1. The molecule has 0 aliphatic heterocycles. The fourth-order valence-corrected chi connectivity index (χ4v) is 3.06. The first-order valence-electron chi connectivity index (χ1n) is 9.28. The van der Waals surface area contributed by atoms with E-state index in [1.807, 2.05) is 54.6 Å². The summed E-state index contributed by atoms with van der Waals surface area (Å²) in [4.78, 5) is 19.7. The van der Waals surface area contributed by atoms with Crippen LogP contribution in [-0.2, 0) is 5.41 Å². The zero-order valence-electron chi connectivity index (χ0n) is 16.2. The molecule has 0 amide bonds. The zero-order chi connectivity index (χ0) is 19.7. The van der Waals surface area contributed by atoms with Crippen LogP contribution >= 0.6 is 0 Å². The molecule has 1 aromatic heterocycles. The number of fused-ring (bicyclic) bond motifs is 1.